The van der Waals surface area contributed by atoms with E-state index in [4.69, 9.17) is 4.98 Å². The molecule has 0 spiro atoms. The van der Waals surface area contributed by atoms with E-state index in [9.17, 15) is 4.79 Å². The van der Waals surface area contributed by atoms with E-state index in [1.54, 1.807) is 23.1 Å². The lowest BCUT2D eigenvalue weighted by Crippen LogP contribution is -2.30. The van der Waals surface area contributed by atoms with Crippen LogP contribution in [-0.4, -0.2) is 42.7 Å². The van der Waals surface area contributed by atoms with Crippen LogP contribution in [0.1, 0.15) is 47.8 Å². The van der Waals surface area contributed by atoms with Crippen molar-refractivity contribution in [2.24, 2.45) is 0 Å². The lowest BCUT2D eigenvalue weighted by atomic mass is 10.1. The number of aryl methyl sites for hydroxylation is 2. The van der Waals surface area contributed by atoms with E-state index in [1.165, 1.54) is 29.7 Å². The maximum Gasteiger partial charge on any atom is 0.259 e. The summed E-state index contributed by atoms with van der Waals surface area (Å²) < 4.78 is 2.15. The van der Waals surface area contributed by atoms with Crippen LogP contribution in [0.2, 0.25) is 0 Å². The number of nitrogens with one attached hydrogen (secondary N) is 1. The number of piperidine rings is 1. The quantitative estimate of drug-likeness (QED) is 0.416. The average Bonchev–Trinajstić information content (AvgIpc) is 3.53. The van der Waals surface area contributed by atoms with Crippen LogP contribution in [0, 0.1) is 0 Å². The van der Waals surface area contributed by atoms with E-state index in [0.29, 0.717) is 11.6 Å². The fourth-order valence-corrected chi connectivity index (χ4v) is 7.02. The topological polar surface area (TPSA) is 79.7 Å². The summed E-state index contributed by atoms with van der Waals surface area (Å²) in [7, 11) is 0. The third-order valence-corrected chi connectivity index (χ3v) is 8.62. The summed E-state index contributed by atoms with van der Waals surface area (Å²) >= 11 is 3.25. The first-order chi connectivity index (χ1) is 16.3. The monoisotopic (exact) mass is 478 g/mol. The average molecular weight is 479 g/mol. The number of para-hydroxylation sites is 1. The van der Waals surface area contributed by atoms with E-state index in [-0.39, 0.29) is 5.56 Å². The molecule has 7 nitrogen and oxygen atoms in total. The van der Waals surface area contributed by atoms with Crippen molar-refractivity contribution in [2.75, 3.05) is 13.1 Å². The lowest BCUT2D eigenvalue weighted by molar-refractivity contribution is 0.214. The third-order valence-electron chi connectivity index (χ3n) is 6.49. The second-order valence-electron chi connectivity index (χ2n) is 8.75. The minimum atomic E-state index is -0.00897. The Morgan fingerprint density at radius 1 is 1.03 bits per heavy atom. The Balaban J connectivity index is 1.28. The highest BCUT2D eigenvalue weighted by molar-refractivity contribution is 7.98. The summed E-state index contributed by atoms with van der Waals surface area (Å²) in [5.41, 5.74) is 2.27. The Labute approximate surface area is 200 Å². The number of hydrogen-bond donors (Lipinski definition) is 1. The number of fused-ring (bicyclic) bond motifs is 3. The Morgan fingerprint density at radius 2 is 1.88 bits per heavy atom. The molecule has 0 radical (unpaired) electrons. The summed E-state index contributed by atoms with van der Waals surface area (Å²) in [4.78, 5) is 25.3. The summed E-state index contributed by atoms with van der Waals surface area (Å²) in [6.45, 7) is 3.02. The predicted molar refractivity (Wildman–Crippen MR) is 132 cm³/mol. The van der Waals surface area contributed by atoms with Crippen LogP contribution in [0.5, 0.6) is 0 Å². The fraction of sp³-hybridized carbons (Fsp3) is 0.417. The van der Waals surface area contributed by atoms with Crippen molar-refractivity contribution in [1.82, 2.24) is 29.6 Å². The molecule has 1 aliphatic carbocycles. The van der Waals surface area contributed by atoms with Gasteiger partial charge in [0.1, 0.15) is 10.7 Å². The predicted octanol–water partition coefficient (Wildman–Crippen LogP) is 4.33. The maximum absolute atomic E-state index is 12.8. The van der Waals surface area contributed by atoms with Crippen molar-refractivity contribution in [1.29, 1.82) is 0 Å². The van der Waals surface area contributed by atoms with Gasteiger partial charge in [0.2, 0.25) is 0 Å². The lowest BCUT2D eigenvalue weighted by Gasteiger charge is -2.26. The molecule has 170 valence electrons. The largest absolute Gasteiger partial charge is 0.309 e. The van der Waals surface area contributed by atoms with Crippen LogP contribution in [0.3, 0.4) is 0 Å². The number of aromatic nitrogens is 5. The van der Waals surface area contributed by atoms with Gasteiger partial charge in [0, 0.05) is 10.6 Å². The van der Waals surface area contributed by atoms with Crippen molar-refractivity contribution in [3.63, 3.8) is 0 Å². The van der Waals surface area contributed by atoms with Crippen LogP contribution < -0.4 is 5.56 Å². The zero-order valence-electron chi connectivity index (χ0n) is 18.4. The van der Waals surface area contributed by atoms with Crippen molar-refractivity contribution < 1.29 is 0 Å². The van der Waals surface area contributed by atoms with E-state index >= 15 is 0 Å². The van der Waals surface area contributed by atoms with Gasteiger partial charge in [-0.3, -0.25) is 14.3 Å². The number of hydrogen-bond acceptors (Lipinski definition) is 7. The van der Waals surface area contributed by atoms with Crippen LogP contribution >= 0.6 is 23.1 Å². The van der Waals surface area contributed by atoms with Crippen LogP contribution in [0.15, 0.2) is 40.3 Å². The Bertz CT molecular complexity index is 1340. The van der Waals surface area contributed by atoms with Crippen molar-refractivity contribution in [3.05, 3.63) is 62.8 Å². The van der Waals surface area contributed by atoms with Gasteiger partial charge in [-0.15, -0.1) is 21.5 Å². The number of thiophene rings is 1. The summed E-state index contributed by atoms with van der Waals surface area (Å²) in [5.74, 6) is 2.19. The van der Waals surface area contributed by atoms with E-state index in [2.05, 4.69) is 36.8 Å². The minimum Gasteiger partial charge on any atom is -0.309 e. The molecule has 1 N–H and O–H groups in total. The molecule has 3 aromatic heterocycles. The highest BCUT2D eigenvalue weighted by Crippen LogP contribution is 2.35. The van der Waals surface area contributed by atoms with E-state index in [1.807, 2.05) is 18.2 Å². The molecule has 33 heavy (non-hydrogen) atoms. The summed E-state index contributed by atoms with van der Waals surface area (Å²) in [6, 6.07) is 10.3. The number of H-pyrrole nitrogens is 1. The molecule has 0 saturated carbocycles. The molecule has 6 rings (SSSR count). The normalized spacial score (nSPS) is 16.5. The molecular formula is C24H26N6OS2. The number of rotatable bonds is 6. The minimum absolute atomic E-state index is 0.00897. The molecule has 2 aliphatic rings. The molecular weight excluding hydrogens is 452 g/mol. The molecule has 0 unspecified atom stereocenters. The fourth-order valence-electron chi connectivity index (χ4n) is 4.90. The number of benzene rings is 1. The van der Waals surface area contributed by atoms with Crippen LogP contribution in [-0.2, 0) is 25.1 Å². The van der Waals surface area contributed by atoms with E-state index < -0.39 is 0 Å². The van der Waals surface area contributed by atoms with Gasteiger partial charge < -0.3 is 4.98 Å². The standard InChI is InChI=1S/C24H26N6OS2/c31-22-21-17-10-7-11-18(17)33-23(21)26-19(25-22)15-32-24-28-27-20(14-29-12-5-2-6-13-29)30(24)16-8-3-1-4-9-16/h1,3-4,8-9H,2,5-7,10-15H2,(H,25,26,31). The maximum atomic E-state index is 12.8. The molecule has 4 heterocycles. The second-order valence-corrected chi connectivity index (χ2v) is 10.8. The molecule has 1 saturated heterocycles. The summed E-state index contributed by atoms with van der Waals surface area (Å²) in [5, 5.41) is 10.7. The molecule has 9 heteroatoms. The van der Waals surface area contributed by atoms with Gasteiger partial charge in [-0.25, -0.2) is 4.98 Å². The number of nitrogens with zero attached hydrogens (tertiary/aromatic N) is 5. The van der Waals surface area contributed by atoms with Gasteiger partial charge >= 0.3 is 0 Å². The number of likely N-dealkylation sites (tertiary alicyclic amines) is 1. The zero-order chi connectivity index (χ0) is 22.2. The SMILES string of the molecule is O=c1[nH]c(CSc2nnc(CN3CCCCC3)n2-c2ccccc2)nc2sc3c(c12)CCC3. The summed E-state index contributed by atoms with van der Waals surface area (Å²) in [6.07, 6.45) is 7.01. The van der Waals surface area contributed by atoms with Crippen molar-refractivity contribution in [3.8, 4) is 5.69 Å². The highest BCUT2D eigenvalue weighted by Gasteiger charge is 2.22. The second kappa shape index (κ2) is 9.04. The molecule has 0 bridgehead atoms. The Kier molecular flexibility index (Phi) is 5.77. The smallest absolute Gasteiger partial charge is 0.259 e. The zero-order valence-corrected chi connectivity index (χ0v) is 20.1. The first kappa shape index (κ1) is 21.1. The van der Waals surface area contributed by atoms with Gasteiger partial charge in [0.25, 0.3) is 5.56 Å². The van der Waals surface area contributed by atoms with Gasteiger partial charge in [-0.1, -0.05) is 36.4 Å². The number of aromatic amines is 1. The van der Waals surface area contributed by atoms with Crippen LogP contribution in [0.4, 0.5) is 0 Å². The molecule has 1 aliphatic heterocycles. The molecule has 0 amide bonds. The van der Waals surface area contributed by atoms with Crippen molar-refractivity contribution >= 4 is 33.3 Å². The first-order valence-electron chi connectivity index (χ1n) is 11.6. The highest BCUT2D eigenvalue weighted by atomic mass is 32.2. The Hall–Kier alpha value is -2.49. The van der Waals surface area contributed by atoms with Gasteiger partial charge in [-0.05, 0) is 62.9 Å². The molecule has 1 fully saturated rings. The van der Waals surface area contributed by atoms with Gasteiger partial charge in [0.05, 0.1) is 17.7 Å². The first-order valence-corrected chi connectivity index (χ1v) is 13.4. The molecule has 1 aromatic carbocycles. The van der Waals surface area contributed by atoms with Crippen molar-refractivity contribution in [2.45, 2.75) is 56.0 Å². The van der Waals surface area contributed by atoms with Gasteiger partial charge in [0.15, 0.2) is 11.0 Å². The number of thioether (sulfide) groups is 1. The van der Waals surface area contributed by atoms with Gasteiger partial charge in [-0.2, -0.15) is 0 Å². The van der Waals surface area contributed by atoms with E-state index in [0.717, 1.165) is 65.8 Å². The third kappa shape index (κ3) is 4.13. The Morgan fingerprint density at radius 3 is 2.73 bits per heavy atom. The molecule has 0 atom stereocenters. The van der Waals surface area contributed by atoms with Crippen LogP contribution in [0.25, 0.3) is 15.9 Å². The molecule has 4 aromatic rings.